The lowest BCUT2D eigenvalue weighted by molar-refractivity contribution is 0.0531. The summed E-state index contributed by atoms with van der Waals surface area (Å²) in [5.41, 5.74) is 0.881. The minimum Gasteiger partial charge on any atom is -0.497 e. The van der Waals surface area contributed by atoms with Gasteiger partial charge >= 0.3 is 0 Å². The molecule has 0 N–H and O–H groups in total. The third kappa shape index (κ3) is 4.76. The first-order valence-corrected chi connectivity index (χ1v) is 11.1. The first-order chi connectivity index (χ1) is 16.5. The number of hydrogen-bond acceptors (Lipinski definition) is 7. The average molecular weight is 466 g/mol. The number of nitrogens with zero attached hydrogens (tertiary/aromatic N) is 5. The van der Waals surface area contributed by atoms with Crippen LogP contribution in [0.5, 0.6) is 5.75 Å². The minimum atomic E-state index is -0.468. The number of fused-ring (bicyclic) bond motifs is 1. The summed E-state index contributed by atoms with van der Waals surface area (Å²) in [4.78, 5) is 51.1. The van der Waals surface area contributed by atoms with Gasteiger partial charge in [0.25, 0.3) is 17.4 Å². The van der Waals surface area contributed by atoms with E-state index in [-0.39, 0.29) is 11.6 Å². The van der Waals surface area contributed by atoms with Gasteiger partial charge in [-0.3, -0.25) is 19.0 Å². The summed E-state index contributed by atoms with van der Waals surface area (Å²) in [5, 5.41) is 0. The van der Waals surface area contributed by atoms with Crippen molar-refractivity contribution in [1.82, 2.24) is 24.3 Å². The molecule has 1 aromatic carbocycles. The molecule has 0 spiro atoms. The molecule has 1 fully saturated rings. The largest absolute Gasteiger partial charge is 0.497 e. The van der Waals surface area contributed by atoms with E-state index in [0.29, 0.717) is 68.2 Å². The molecular formula is C24H27N5O5. The fourth-order valence-corrected chi connectivity index (χ4v) is 3.97. The third-order valence-electron chi connectivity index (χ3n) is 5.83. The molecule has 178 valence electrons. The van der Waals surface area contributed by atoms with Crippen molar-refractivity contribution in [3.8, 4) is 5.75 Å². The van der Waals surface area contributed by atoms with E-state index in [0.717, 1.165) is 0 Å². The lowest BCUT2D eigenvalue weighted by atomic mass is 10.1. The topological polar surface area (TPSA) is 107 Å². The zero-order chi connectivity index (χ0) is 24.1. The number of aromatic nitrogens is 3. The third-order valence-corrected chi connectivity index (χ3v) is 5.83. The van der Waals surface area contributed by atoms with Crippen LogP contribution in [-0.2, 0) is 11.3 Å². The number of hydrogen-bond donors (Lipinski definition) is 0. The van der Waals surface area contributed by atoms with Crippen LogP contribution in [-0.4, -0.2) is 83.2 Å². The highest BCUT2D eigenvalue weighted by atomic mass is 16.5. The number of ether oxygens (including phenoxy) is 2. The predicted molar refractivity (Wildman–Crippen MR) is 125 cm³/mol. The van der Waals surface area contributed by atoms with Crippen LogP contribution in [0.4, 0.5) is 0 Å². The van der Waals surface area contributed by atoms with Crippen molar-refractivity contribution >= 4 is 23.0 Å². The fraction of sp³-hybridized carbons (Fsp3) is 0.375. The molecule has 1 aliphatic heterocycles. The summed E-state index contributed by atoms with van der Waals surface area (Å²) in [6.07, 6.45) is 2.20. The van der Waals surface area contributed by atoms with Crippen molar-refractivity contribution in [2.24, 2.45) is 0 Å². The van der Waals surface area contributed by atoms with Crippen LogP contribution < -0.4 is 10.3 Å². The van der Waals surface area contributed by atoms with Crippen molar-refractivity contribution in [2.45, 2.75) is 13.0 Å². The van der Waals surface area contributed by atoms with Gasteiger partial charge in [-0.25, -0.2) is 9.97 Å². The number of amides is 2. The molecule has 2 aromatic heterocycles. The highest BCUT2D eigenvalue weighted by Crippen LogP contribution is 2.15. The lowest BCUT2D eigenvalue weighted by Gasteiger charge is -2.34. The molecule has 0 aliphatic carbocycles. The molecule has 0 radical (unpaired) electrons. The molecule has 0 bridgehead atoms. The Morgan fingerprint density at radius 3 is 2.29 bits per heavy atom. The molecule has 0 unspecified atom stereocenters. The molecule has 3 aromatic rings. The van der Waals surface area contributed by atoms with Crippen molar-refractivity contribution in [3.05, 3.63) is 64.2 Å². The van der Waals surface area contributed by atoms with Crippen LogP contribution in [0, 0.1) is 0 Å². The molecular weight excluding hydrogens is 438 g/mol. The van der Waals surface area contributed by atoms with Crippen LogP contribution in [0.2, 0.25) is 0 Å². The maximum atomic E-state index is 13.3. The normalized spacial score (nSPS) is 13.8. The van der Waals surface area contributed by atoms with Gasteiger partial charge in [-0.2, -0.15) is 0 Å². The number of piperazine rings is 1. The van der Waals surface area contributed by atoms with Gasteiger partial charge in [-0.05, 0) is 42.8 Å². The Balaban J connectivity index is 1.50. The summed E-state index contributed by atoms with van der Waals surface area (Å²) in [6, 6.07) is 10.4. The van der Waals surface area contributed by atoms with Crippen LogP contribution in [0.3, 0.4) is 0 Å². The first kappa shape index (κ1) is 23.4. The second-order valence-electron chi connectivity index (χ2n) is 7.92. The van der Waals surface area contributed by atoms with E-state index in [4.69, 9.17) is 9.47 Å². The number of benzene rings is 1. The number of rotatable bonds is 7. The predicted octanol–water partition coefficient (Wildman–Crippen LogP) is 1.43. The molecule has 1 saturated heterocycles. The number of methoxy groups -OCH3 is 2. The Hall–Kier alpha value is -3.79. The smallest absolute Gasteiger partial charge is 0.283 e. The van der Waals surface area contributed by atoms with Crippen molar-refractivity contribution in [3.63, 3.8) is 0 Å². The lowest BCUT2D eigenvalue weighted by Crippen LogP contribution is -2.51. The van der Waals surface area contributed by atoms with Crippen molar-refractivity contribution in [1.29, 1.82) is 0 Å². The van der Waals surface area contributed by atoms with Crippen LogP contribution in [0.25, 0.3) is 11.2 Å². The van der Waals surface area contributed by atoms with Crippen LogP contribution in [0.1, 0.15) is 27.3 Å². The molecule has 10 nitrogen and oxygen atoms in total. The average Bonchev–Trinajstić information content (AvgIpc) is 2.89. The molecule has 2 amide bonds. The maximum Gasteiger partial charge on any atom is 0.283 e. The van der Waals surface area contributed by atoms with E-state index in [2.05, 4.69) is 9.97 Å². The molecule has 10 heteroatoms. The van der Waals surface area contributed by atoms with E-state index in [9.17, 15) is 14.4 Å². The fourth-order valence-electron chi connectivity index (χ4n) is 3.97. The Bertz CT molecular complexity index is 1230. The van der Waals surface area contributed by atoms with Gasteiger partial charge in [0, 0.05) is 58.2 Å². The van der Waals surface area contributed by atoms with Gasteiger partial charge in [-0.15, -0.1) is 0 Å². The Labute approximate surface area is 196 Å². The van der Waals surface area contributed by atoms with E-state index in [1.807, 2.05) is 0 Å². The first-order valence-electron chi connectivity index (χ1n) is 11.1. The second-order valence-corrected chi connectivity index (χ2v) is 7.92. The van der Waals surface area contributed by atoms with Crippen molar-refractivity contribution in [2.75, 3.05) is 47.0 Å². The highest BCUT2D eigenvalue weighted by molar-refractivity contribution is 5.95. The van der Waals surface area contributed by atoms with Crippen molar-refractivity contribution < 1.29 is 19.1 Å². The zero-order valence-electron chi connectivity index (χ0n) is 19.3. The standard InChI is InChI=1S/C24H27N5O5/c1-33-16-4-11-29-21-19(5-3-10-25-21)26-20(24(29)32)23(31)28-14-12-27(13-15-28)22(30)17-6-8-18(34-2)9-7-17/h3,5-10H,4,11-16H2,1-2H3. The highest BCUT2D eigenvalue weighted by Gasteiger charge is 2.28. The molecule has 1 aliphatic rings. The quantitative estimate of drug-likeness (QED) is 0.486. The summed E-state index contributed by atoms with van der Waals surface area (Å²) < 4.78 is 11.7. The van der Waals surface area contributed by atoms with Gasteiger partial charge in [-0.1, -0.05) is 0 Å². The monoisotopic (exact) mass is 465 g/mol. The van der Waals surface area contributed by atoms with Gasteiger partial charge < -0.3 is 19.3 Å². The molecule has 0 atom stereocenters. The van der Waals surface area contributed by atoms with Gasteiger partial charge in [0.2, 0.25) is 0 Å². The Morgan fingerprint density at radius 1 is 0.971 bits per heavy atom. The van der Waals surface area contributed by atoms with E-state index < -0.39 is 11.5 Å². The number of pyridine rings is 1. The van der Waals surface area contributed by atoms with E-state index in [1.165, 1.54) is 4.57 Å². The molecule has 34 heavy (non-hydrogen) atoms. The number of aryl methyl sites for hydroxylation is 1. The SMILES string of the molecule is COCCCn1c(=O)c(C(=O)N2CCN(C(=O)c3ccc(OC)cc3)CC2)nc2cccnc21. The summed E-state index contributed by atoms with van der Waals surface area (Å²) >= 11 is 0. The molecule has 0 saturated carbocycles. The summed E-state index contributed by atoms with van der Waals surface area (Å²) in [6.45, 7) is 2.22. The number of carbonyl (C=O) groups excluding carboxylic acids is 2. The maximum absolute atomic E-state index is 13.3. The number of carbonyl (C=O) groups is 2. The second kappa shape index (κ2) is 10.4. The Kier molecular flexibility index (Phi) is 7.17. The van der Waals surface area contributed by atoms with E-state index in [1.54, 1.807) is 66.6 Å². The summed E-state index contributed by atoms with van der Waals surface area (Å²) in [7, 11) is 3.17. The van der Waals surface area contributed by atoms with E-state index >= 15 is 0 Å². The summed E-state index contributed by atoms with van der Waals surface area (Å²) in [5.74, 6) is 0.135. The molecule has 4 rings (SSSR count). The zero-order valence-corrected chi connectivity index (χ0v) is 19.3. The van der Waals surface area contributed by atoms with Crippen LogP contribution in [0.15, 0.2) is 47.4 Å². The van der Waals surface area contributed by atoms with Gasteiger partial charge in [0.05, 0.1) is 7.11 Å². The molecule has 3 heterocycles. The van der Waals surface area contributed by atoms with Gasteiger partial charge in [0.1, 0.15) is 11.3 Å². The van der Waals surface area contributed by atoms with Crippen LogP contribution >= 0.6 is 0 Å². The Morgan fingerprint density at radius 2 is 1.65 bits per heavy atom. The minimum absolute atomic E-state index is 0.106. The van der Waals surface area contributed by atoms with Gasteiger partial charge in [0.15, 0.2) is 11.3 Å².